The van der Waals surface area contributed by atoms with Gasteiger partial charge < -0.3 is 5.32 Å². The minimum Gasteiger partial charge on any atom is -0.311 e. The maximum atomic E-state index is 13.7. The van der Waals surface area contributed by atoms with Crippen LogP contribution in [0.5, 0.6) is 0 Å². The van der Waals surface area contributed by atoms with E-state index < -0.39 is 17.6 Å². The average molecular weight is 375 g/mol. The van der Waals surface area contributed by atoms with Crippen molar-refractivity contribution in [3.05, 3.63) is 51.3 Å². The number of fused-ring (bicyclic) bond motifs is 1. The van der Waals surface area contributed by atoms with E-state index in [1.165, 1.54) is 25.3 Å². The quantitative estimate of drug-likeness (QED) is 0.826. The molecule has 1 saturated carbocycles. The van der Waals surface area contributed by atoms with Crippen LogP contribution in [0.15, 0.2) is 23.0 Å². The van der Waals surface area contributed by atoms with Gasteiger partial charge in [-0.1, -0.05) is 38.2 Å². The molecule has 1 aliphatic heterocycles. The normalized spacial score (nSPS) is 21.3. The van der Waals surface area contributed by atoms with Crippen molar-refractivity contribution in [2.45, 2.75) is 63.3 Å². The number of aromatic amines is 1. The van der Waals surface area contributed by atoms with Crippen LogP contribution in [0, 0.1) is 11.6 Å². The highest BCUT2D eigenvalue weighted by Gasteiger charge is 2.34. The van der Waals surface area contributed by atoms with Crippen LogP contribution in [-0.2, 0) is 4.79 Å². The minimum absolute atomic E-state index is 0.0375. The second kappa shape index (κ2) is 7.29. The third kappa shape index (κ3) is 3.42. The van der Waals surface area contributed by atoms with Crippen molar-refractivity contribution < 1.29 is 13.6 Å². The lowest BCUT2D eigenvalue weighted by molar-refractivity contribution is -0.116. The Bertz CT molecular complexity index is 910. The van der Waals surface area contributed by atoms with Crippen LogP contribution in [0.1, 0.15) is 74.5 Å². The molecule has 27 heavy (non-hydrogen) atoms. The Hall–Kier alpha value is -2.44. The first-order chi connectivity index (χ1) is 13.0. The zero-order valence-corrected chi connectivity index (χ0v) is 15.1. The first-order valence-electron chi connectivity index (χ1n) is 9.64. The highest BCUT2D eigenvalue weighted by atomic mass is 19.2. The molecule has 1 amide bonds. The number of nitrogens with one attached hydrogen (secondary N) is 2. The number of nitrogens with zero attached hydrogens (tertiary/aromatic N) is 1. The highest BCUT2D eigenvalue weighted by molar-refractivity contribution is 5.94. The largest absolute Gasteiger partial charge is 0.311 e. The van der Waals surface area contributed by atoms with Gasteiger partial charge in [0, 0.05) is 12.3 Å². The van der Waals surface area contributed by atoms with E-state index in [-0.39, 0.29) is 23.9 Å². The fourth-order valence-electron chi connectivity index (χ4n) is 4.36. The van der Waals surface area contributed by atoms with Gasteiger partial charge in [0.25, 0.3) is 5.56 Å². The number of carbonyl (C=O) groups excluding carboxylic acids is 1. The molecule has 1 aliphatic carbocycles. The summed E-state index contributed by atoms with van der Waals surface area (Å²) in [5.74, 6) is -2.24. The summed E-state index contributed by atoms with van der Waals surface area (Å²) in [6.45, 7) is 0. The molecule has 1 aromatic heterocycles. The van der Waals surface area contributed by atoms with E-state index in [2.05, 4.69) is 10.4 Å². The number of H-pyrrole nitrogens is 1. The van der Waals surface area contributed by atoms with Crippen LogP contribution in [0.3, 0.4) is 0 Å². The van der Waals surface area contributed by atoms with Crippen molar-refractivity contribution in [1.29, 1.82) is 0 Å². The molecule has 2 heterocycles. The fraction of sp³-hybridized carbons (Fsp3) is 0.500. The lowest BCUT2D eigenvalue weighted by Crippen LogP contribution is -2.27. The molecular weight excluding hydrogens is 352 g/mol. The molecule has 4 rings (SSSR count). The van der Waals surface area contributed by atoms with E-state index >= 15 is 0 Å². The van der Waals surface area contributed by atoms with Crippen molar-refractivity contribution in [2.75, 3.05) is 5.32 Å². The number of aromatic nitrogens is 2. The number of halogens is 2. The second-order valence-electron chi connectivity index (χ2n) is 7.55. The summed E-state index contributed by atoms with van der Waals surface area (Å²) in [5.41, 5.74) is 0.593. The number of anilines is 1. The van der Waals surface area contributed by atoms with Crippen LogP contribution in [0.4, 0.5) is 14.6 Å². The second-order valence-corrected chi connectivity index (χ2v) is 7.55. The van der Waals surface area contributed by atoms with E-state index in [9.17, 15) is 18.4 Å². The molecule has 7 heteroatoms. The summed E-state index contributed by atoms with van der Waals surface area (Å²) in [6.07, 6.45) is 7.69. The summed E-state index contributed by atoms with van der Waals surface area (Å²) in [6, 6.07) is 3.69. The maximum Gasteiger partial charge on any atom is 0.270 e. The number of benzene rings is 1. The lowest BCUT2D eigenvalue weighted by atomic mass is 9.87. The van der Waals surface area contributed by atoms with Gasteiger partial charge in [-0.3, -0.25) is 19.4 Å². The van der Waals surface area contributed by atoms with Crippen LogP contribution in [-0.4, -0.2) is 15.7 Å². The zero-order valence-electron chi connectivity index (χ0n) is 15.1. The Kier molecular flexibility index (Phi) is 4.85. The van der Waals surface area contributed by atoms with Crippen molar-refractivity contribution in [3.8, 4) is 0 Å². The summed E-state index contributed by atoms with van der Waals surface area (Å²) < 4.78 is 28.8. The molecule has 144 valence electrons. The predicted molar refractivity (Wildman–Crippen MR) is 97.9 cm³/mol. The Morgan fingerprint density at radius 1 is 0.963 bits per heavy atom. The number of hydrogen-bond acceptors (Lipinski definition) is 2. The Labute approximate surface area is 155 Å². The van der Waals surface area contributed by atoms with E-state index in [1.807, 2.05) is 0 Å². The number of amides is 1. The molecule has 0 radical (unpaired) electrons. The zero-order chi connectivity index (χ0) is 19.0. The Morgan fingerprint density at radius 2 is 1.67 bits per heavy atom. The lowest BCUT2D eigenvalue weighted by Gasteiger charge is -2.27. The highest BCUT2D eigenvalue weighted by Crippen LogP contribution is 2.38. The van der Waals surface area contributed by atoms with Gasteiger partial charge in [0.15, 0.2) is 11.6 Å². The fourth-order valence-corrected chi connectivity index (χ4v) is 4.36. The molecule has 2 aromatic rings. The molecule has 5 nitrogen and oxygen atoms in total. The van der Waals surface area contributed by atoms with E-state index in [4.69, 9.17) is 0 Å². The van der Waals surface area contributed by atoms with Crippen molar-refractivity contribution in [2.24, 2.45) is 0 Å². The summed E-state index contributed by atoms with van der Waals surface area (Å²) in [4.78, 5) is 25.0. The van der Waals surface area contributed by atoms with Crippen LogP contribution in [0.2, 0.25) is 0 Å². The topological polar surface area (TPSA) is 66.9 Å². The monoisotopic (exact) mass is 375 g/mol. The summed E-state index contributed by atoms with van der Waals surface area (Å²) in [7, 11) is 0. The molecule has 2 aliphatic rings. The number of carbonyl (C=O) groups is 1. The first kappa shape index (κ1) is 17.9. The molecular formula is C20H23F2N3O2. The SMILES string of the molecule is O=C1CC(c2ccc(F)c(F)c2)c2c(n(C3CCCCCCC3)[nH]c2=O)N1. The molecule has 1 aromatic carbocycles. The molecule has 1 atom stereocenters. The van der Waals surface area contributed by atoms with Gasteiger partial charge in [0.1, 0.15) is 5.82 Å². The smallest absolute Gasteiger partial charge is 0.270 e. The van der Waals surface area contributed by atoms with Gasteiger partial charge in [0.05, 0.1) is 11.6 Å². The van der Waals surface area contributed by atoms with Crippen molar-refractivity contribution in [1.82, 2.24) is 9.78 Å². The van der Waals surface area contributed by atoms with Gasteiger partial charge in [0.2, 0.25) is 5.91 Å². The first-order valence-corrected chi connectivity index (χ1v) is 9.64. The molecule has 1 unspecified atom stereocenters. The van der Waals surface area contributed by atoms with E-state index in [1.54, 1.807) is 4.68 Å². The summed E-state index contributed by atoms with van der Waals surface area (Å²) in [5, 5.41) is 5.73. The summed E-state index contributed by atoms with van der Waals surface area (Å²) >= 11 is 0. The van der Waals surface area contributed by atoms with Gasteiger partial charge in [-0.2, -0.15) is 0 Å². The van der Waals surface area contributed by atoms with Gasteiger partial charge in [-0.15, -0.1) is 0 Å². The van der Waals surface area contributed by atoms with Crippen LogP contribution in [0.25, 0.3) is 0 Å². The molecule has 0 spiro atoms. The maximum absolute atomic E-state index is 13.7. The Morgan fingerprint density at radius 3 is 2.37 bits per heavy atom. The Balaban J connectivity index is 1.76. The van der Waals surface area contributed by atoms with Crippen LogP contribution >= 0.6 is 0 Å². The van der Waals surface area contributed by atoms with Crippen molar-refractivity contribution >= 4 is 11.7 Å². The third-order valence-corrected chi connectivity index (χ3v) is 5.74. The van der Waals surface area contributed by atoms with Crippen LogP contribution < -0.4 is 10.9 Å². The van der Waals surface area contributed by atoms with Gasteiger partial charge in [-0.25, -0.2) is 8.78 Å². The average Bonchev–Trinajstić information content (AvgIpc) is 2.93. The standard InChI is InChI=1S/C20H23F2N3O2/c21-15-9-8-12(10-16(15)22)14-11-17(26)23-19-18(14)20(27)24-25(19)13-6-4-2-1-3-5-7-13/h8-10,13-14H,1-7,11H2,(H,23,26)(H,24,27). The molecule has 0 saturated heterocycles. The number of rotatable bonds is 2. The van der Waals surface area contributed by atoms with E-state index in [0.29, 0.717) is 16.9 Å². The van der Waals surface area contributed by atoms with Gasteiger partial charge >= 0.3 is 0 Å². The minimum atomic E-state index is -0.976. The molecule has 0 bridgehead atoms. The van der Waals surface area contributed by atoms with E-state index in [0.717, 1.165) is 37.8 Å². The number of hydrogen-bond donors (Lipinski definition) is 2. The van der Waals surface area contributed by atoms with Gasteiger partial charge in [-0.05, 0) is 30.5 Å². The predicted octanol–water partition coefficient (Wildman–Crippen LogP) is 4.21. The van der Waals surface area contributed by atoms with Crippen molar-refractivity contribution in [3.63, 3.8) is 0 Å². The third-order valence-electron chi connectivity index (χ3n) is 5.74. The molecule has 1 fully saturated rings. The molecule has 2 N–H and O–H groups in total.